The smallest absolute Gasteiger partial charge is 0.342 e. The van der Waals surface area contributed by atoms with Crippen LogP contribution in [0.1, 0.15) is 16.0 Å². The summed E-state index contributed by atoms with van der Waals surface area (Å²) in [6.45, 7) is 0.0594. The van der Waals surface area contributed by atoms with Crippen LogP contribution in [0.15, 0.2) is 47.9 Å². The molecule has 0 aliphatic carbocycles. The number of carbonyl (C=O) groups is 1. The van der Waals surface area contributed by atoms with Crippen molar-refractivity contribution in [2.45, 2.75) is 6.18 Å². The van der Waals surface area contributed by atoms with E-state index in [1.807, 2.05) is 17.5 Å². The second kappa shape index (κ2) is 7.65. The van der Waals surface area contributed by atoms with Crippen molar-refractivity contribution in [3.8, 4) is 11.8 Å². The summed E-state index contributed by atoms with van der Waals surface area (Å²) in [6.07, 6.45) is -1.32. The summed E-state index contributed by atoms with van der Waals surface area (Å²) in [5, 5.41) is 4.44. The number of amides is 1. The maximum absolute atomic E-state index is 12.6. The molecule has 0 spiro atoms. The Kier molecular flexibility index (Phi) is 5.61. The van der Waals surface area contributed by atoms with Crippen LogP contribution in [-0.2, 0) is 11.0 Å². The molecule has 1 amide bonds. The summed E-state index contributed by atoms with van der Waals surface area (Å²) >= 11 is 1.51. The van der Waals surface area contributed by atoms with Crippen molar-refractivity contribution < 1.29 is 18.0 Å². The first-order chi connectivity index (χ1) is 10.9. The van der Waals surface area contributed by atoms with Crippen LogP contribution in [-0.4, -0.2) is 12.5 Å². The standard InChI is InChI=1S/C17H12F3NOS/c18-17(19,20)14-6-1-4-13(12-14)5-2-10-21-16(22)9-8-15-7-3-11-23-15/h1,3-4,6-9,11-12H,10H2,(H,21,22)/b9-8+. The van der Waals surface area contributed by atoms with Gasteiger partial charge in [-0.05, 0) is 35.7 Å². The number of halogens is 3. The molecule has 1 aromatic heterocycles. The highest BCUT2D eigenvalue weighted by molar-refractivity contribution is 7.10. The van der Waals surface area contributed by atoms with E-state index in [4.69, 9.17) is 0 Å². The molecule has 1 aromatic carbocycles. The summed E-state index contributed by atoms with van der Waals surface area (Å²) in [5.74, 6) is 4.91. The number of hydrogen-bond acceptors (Lipinski definition) is 2. The Labute approximate surface area is 135 Å². The van der Waals surface area contributed by atoms with E-state index in [2.05, 4.69) is 17.2 Å². The second-order valence-electron chi connectivity index (χ2n) is 4.45. The normalized spacial score (nSPS) is 11.1. The fourth-order valence-electron chi connectivity index (χ4n) is 1.65. The average molecular weight is 335 g/mol. The third-order valence-electron chi connectivity index (χ3n) is 2.72. The van der Waals surface area contributed by atoms with Gasteiger partial charge < -0.3 is 5.32 Å². The van der Waals surface area contributed by atoms with Gasteiger partial charge in [-0.2, -0.15) is 13.2 Å². The Morgan fingerprint density at radius 2 is 2.09 bits per heavy atom. The first kappa shape index (κ1) is 16.8. The monoisotopic (exact) mass is 335 g/mol. The number of hydrogen-bond donors (Lipinski definition) is 1. The van der Waals surface area contributed by atoms with Crippen LogP contribution in [0.4, 0.5) is 13.2 Å². The van der Waals surface area contributed by atoms with Crippen molar-refractivity contribution in [2.24, 2.45) is 0 Å². The minimum Gasteiger partial charge on any atom is -0.342 e. The number of carbonyl (C=O) groups excluding carboxylic acids is 1. The van der Waals surface area contributed by atoms with Gasteiger partial charge in [0.1, 0.15) is 0 Å². The zero-order valence-corrected chi connectivity index (χ0v) is 12.7. The van der Waals surface area contributed by atoms with Gasteiger partial charge in [-0.1, -0.05) is 24.0 Å². The number of benzene rings is 1. The summed E-state index contributed by atoms with van der Waals surface area (Å²) in [6, 6.07) is 8.51. The van der Waals surface area contributed by atoms with Crippen LogP contribution in [0.5, 0.6) is 0 Å². The number of thiophene rings is 1. The lowest BCUT2D eigenvalue weighted by Crippen LogP contribution is -2.20. The van der Waals surface area contributed by atoms with Crippen LogP contribution >= 0.6 is 11.3 Å². The molecule has 23 heavy (non-hydrogen) atoms. The van der Waals surface area contributed by atoms with E-state index < -0.39 is 11.7 Å². The van der Waals surface area contributed by atoms with Crippen molar-refractivity contribution in [1.82, 2.24) is 5.32 Å². The fourth-order valence-corrected chi connectivity index (χ4v) is 2.27. The molecule has 0 fully saturated rings. The molecule has 0 bridgehead atoms. The lowest BCUT2D eigenvalue weighted by molar-refractivity contribution is -0.137. The minimum absolute atomic E-state index is 0.0594. The summed E-state index contributed by atoms with van der Waals surface area (Å²) < 4.78 is 37.7. The first-order valence-corrected chi connectivity index (χ1v) is 7.49. The van der Waals surface area contributed by atoms with Gasteiger partial charge in [-0.15, -0.1) is 11.3 Å². The number of rotatable bonds is 3. The van der Waals surface area contributed by atoms with Crippen LogP contribution < -0.4 is 5.32 Å². The van der Waals surface area contributed by atoms with Gasteiger partial charge in [-0.25, -0.2) is 0 Å². The largest absolute Gasteiger partial charge is 0.416 e. The third-order valence-corrected chi connectivity index (χ3v) is 3.55. The Bertz CT molecular complexity index is 752. The van der Waals surface area contributed by atoms with E-state index in [-0.39, 0.29) is 18.0 Å². The molecule has 6 heteroatoms. The van der Waals surface area contributed by atoms with Crippen molar-refractivity contribution in [2.75, 3.05) is 6.54 Å². The van der Waals surface area contributed by atoms with E-state index in [0.717, 1.165) is 17.0 Å². The first-order valence-electron chi connectivity index (χ1n) is 6.61. The van der Waals surface area contributed by atoms with Gasteiger partial charge in [0.2, 0.25) is 5.91 Å². The molecular weight excluding hydrogens is 323 g/mol. The van der Waals surface area contributed by atoms with Gasteiger partial charge in [0, 0.05) is 16.5 Å². The second-order valence-corrected chi connectivity index (χ2v) is 5.43. The molecule has 0 aliphatic rings. The molecule has 0 aliphatic heterocycles. The molecule has 2 nitrogen and oxygen atoms in total. The van der Waals surface area contributed by atoms with Crippen LogP contribution in [0, 0.1) is 11.8 Å². The molecule has 2 aromatic rings. The molecule has 0 saturated carbocycles. The Morgan fingerprint density at radius 1 is 1.26 bits per heavy atom. The molecule has 0 radical (unpaired) electrons. The maximum atomic E-state index is 12.6. The van der Waals surface area contributed by atoms with E-state index in [0.29, 0.717) is 0 Å². The zero-order chi connectivity index (χ0) is 16.7. The predicted octanol–water partition coefficient (Wildman–Crippen LogP) is 3.95. The quantitative estimate of drug-likeness (QED) is 0.668. The molecule has 0 unspecified atom stereocenters. The average Bonchev–Trinajstić information content (AvgIpc) is 3.02. The molecular formula is C17H12F3NOS. The van der Waals surface area contributed by atoms with Crippen molar-refractivity contribution in [3.05, 3.63) is 63.9 Å². The fraction of sp³-hybridized carbons (Fsp3) is 0.118. The van der Waals surface area contributed by atoms with Gasteiger partial charge >= 0.3 is 6.18 Å². The van der Waals surface area contributed by atoms with Gasteiger partial charge in [-0.3, -0.25) is 4.79 Å². The van der Waals surface area contributed by atoms with E-state index in [1.165, 1.54) is 29.5 Å². The highest BCUT2D eigenvalue weighted by Crippen LogP contribution is 2.29. The third kappa shape index (κ3) is 5.64. The Morgan fingerprint density at radius 3 is 2.78 bits per heavy atom. The van der Waals surface area contributed by atoms with Gasteiger partial charge in [0.05, 0.1) is 12.1 Å². The molecule has 1 heterocycles. The van der Waals surface area contributed by atoms with Crippen LogP contribution in [0.2, 0.25) is 0 Å². The van der Waals surface area contributed by atoms with Crippen LogP contribution in [0.3, 0.4) is 0 Å². The molecule has 2 rings (SSSR count). The van der Waals surface area contributed by atoms with E-state index in [9.17, 15) is 18.0 Å². The molecule has 0 atom stereocenters. The number of alkyl halides is 3. The summed E-state index contributed by atoms with van der Waals surface area (Å²) in [4.78, 5) is 12.5. The van der Waals surface area contributed by atoms with E-state index in [1.54, 1.807) is 6.08 Å². The summed E-state index contributed by atoms with van der Waals surface area (Å²) in [7, 11) is 0. The molecule has 1 N–H and O–H groups in total. The molecule has 0 saturated heterocycles. The zero-order valence-electron chi connectivity index (χ0n) is 11.9. The number of nitrogens with one attached hydrogen (secondary N) is 1. The minimum atomic E-state index is -4.39. The highest BCUT2D eigenvalue weighted by atomic mass is 32.1. The highest BCUT2D eigenvalue weighted by Gasteiger charge is 2.30. The summed E-state index contributed by atoms with van der Waals surface area (Å²) in [5.41, 5.74) is -0.490. The Hall–Kier alpha value is -2.52. The van der Waals surface area contributed by atoms with E-state index >= 15 is 0 Å². The van der Waals surface area contributed by atoms with Crippen molar-refractivity contribution in [1.29, 1.82) is 0 Å². The van der Waals surface area contributed by atoms with Crippen molar-refractivity contribution >= 4 is 23.3 Å². The predicted molar refractivity (Wildman–Crippen MR) is 84.7 cm³/mol. The lowest BCUT2D eigenvalue weighted by Gasteiger charge is -2.05. The maximum Gasteiger partial charge on any atom is 0.416 e. The van der Waals surface area contributed by atoms with Gasteiger partial charge in [0.25, 0.3) is 0 Å². The van der Waals surface area contributed by atoms with Crippen molar-refractivity contribution in [3.63, 3.8) is 0 Å². The topological polar surface area (TPSA) is 29.1 Å². The SMILES string of the molecule is O=C(/C=C/c1cccs1)NCC#Cc1cccc(C(F)(F)F)c1. The van der Waals surface area contributed by atoms with Crippen LogP contribution in [0.25, 0.3) is 6.08 Å². The lowest BCUT2D eigenvalue weighted by atomic mass is 10.1. The Balaban J connectivity index is 1.87. The molecule has 118 valence electrons. The van der Waals surface area contributed by atoms with Gasteiger partial charge in [0.15, 0.2) is 0 Å².